The summed E-state index contributed by atoms with van der Waals surface area (Å²) in [5.74, 6) is -1.08. The number of urea groups is 1. The molecule has 0 radical (unpaired) electrons. The summed E-state index contributed by atoms with van der Waals surface area (Å²) in [6, 6.07) is 14.9. The second kappa shape index (κ2) is 8.74. The number of benzene rings is 2. The van der Waals surface area contributed by atoms with E-state index in [1.165, 1.54) is 19.2 Å². The molecule has 0 saturated carbocycles. The third kappa shape index (κ3) is 4.27. The van der Waals surface area contributed by atoms with E-state index in [4.69, 9.17) is 4.74 Å². The fraction of sp³-hybridized carbons (Fsp3) is 0.160. The van der Waals surface area contributed by atoms with Crippen molar-refractivity contribution in [3.8, 4) is 11.4 Å². The van der Waals surface area contributed by atoms with Crippen LogP contribution in [0.3, 0.4) is 0 Å². The molecular weight excluding hydrogens is 425 g/mol. The fourth-order valence-electron chi connectivity index (χ4n) is 3.70. The van der Waals surface area contributed by atoms with Gasteiger partial charge < -0.3 is 9.30 Å². The minimum atomic E-state index is -0.745. The molecule has 8 heteroatoms. The Hall–Kier alpha value is -4.20. The molecule has 4 rings (SSSR count). The van der Waals surface area contributed by atoms with Crippen LogP contribution in [0.1, 0.15) is 22.5 Å². The van der Waals surface area contributed by atoms with Crippen LogP contribution in [0.2, 0.25) is 0 Å². The molecule has 1 N–H and O–H groups in total. The molecule has 0 spiro atoms. The van der Waals surface area contributed by atoms with Crippen molar-refractivity contribution < 1.29 is 23.5 Å². The fourth-order valence-corrected chi connectivity index (χ4v) is 3.70. The zero-order valence-electron chi connectivity index (χ0n) is 18.4. The smallest absolute Gasteiger partial charge is 0.331 e. The van der Waals surface area contributed by atoms with Crippen LogP contribution in [0.5, 0.6) is 5.75 Å². The molecule has 33 heavy (non-hydrogen) atoms. The number of ether oxygens (including phenoxy) is 1. The zero-order valence-corrected chi connectivity index (χ0v) is 18.4. The number of nitrogens with one attached hydrogen (secondary N) is 1. The van der Waals surface area contributed by atoms with E-state index in [2.05, 4.69) is 5.32 Å². The second-order valence-electron chi connectivity index (χ2n) is 7.72. The lowest BCUT2D eigenvalue weighted by atomic mass is 10.1. The normalized spacial score (nSPS) is 15.2. The highest BCUT2D eigenvalue weighted by Crippen LogP contribution is 2.25. The Morgan fingerprint density at radius 2 is 1.73 bits per heavy atom. The number of hydrogen-bond donors (Lipinski definition) is 1. The molecule has 2 heterocycles. The van der Waals surface area contributed by atoms with Gasteiger partial charge in [0.05, 0.1) is 0 Å². The quantitative estimate of drug-likeness (QED) is 0.475. The number of likely N-dealkylation sites (N-methyl/N-ethyl adjacent to an activating group) is 1. The van der Waals surface area contributed by atoms with Gasteiger partial charge in [-0.05, 0) is 61.9 Å². The maximum Gasteiger partial charge on any atom is 0.331 e. The van der Waals surface area contributed by atoms with E-state index in [0.29, 0.717) is 16.9 Å². The first-order valence-electron chi connectivity index (χ1n) is 10.3. The lowest BCUT2D eigenvalue weighted by molar-refractivity contribution is -0.129. The third-order valence-corrected chi connectivity index (χ3v) is 5.52. The average molecular weight is 447 g/mol. The number of halogens is 1. The Balaban J connectivity index is 1.57. The number of carbonyl (C=O) groups excluding carboxylic acids is 3. The Kier molecular flexibility index (Phi) is 5.83. The predicted octanol–water partition coefficient (Wildman–Crippen LogP) is 3.90. The third-order valence-electron chi connectivity index (χ3n) is 5.52. The molecule has 4 amide bonds. The van der Waals surface area contributed by atoms with Crippen molar-refractivity contribution in [1.82, 2.24) is 14.8 Å². The highest BCUT2D eigenvalue weighted by molar-refractivity contribution is 6.30. The van der Waals surface area contributed by atoms with Crippen LogP contribution in [0, 0.1) is 19.7 Å². The van der Waals surface area contributed by atoms with Crippen LogP contribution >= 0.6 is 0 Å². The second-order valence-corrected chi connectivity index (χ2v) is 7.72. The van der Waals surface area contributed by atoms with Crippen molar-refractivity contribution in [2.45, 2.75) is 20.5 Å². The highest BCUT2D eigenvalue weighted by atomic mass is 19.1. The van der Waals surface area contributed by atoms with Gasteiger partial charge in [-0.15, -0.1) is 0 Å². The summed E-state index contributed by atoms with van der Waals surface area (Å²) in [5, 5.41) is 2.15. The summed E-state index contributed by atoms with van der Waals surface area (Å²) in [6.45, 7) is 3.91. The molecule has 0 aliphatic carbocycles. The predicted molar refractivity (Wildman–Crippen MR) is 120 cm³/mol. The number of imide groups is 2. The van der Waals surface area contributed by atoms with E-state index < -0.39 is 17.8 Å². The first kappa shape index (κ1) is 22.0. The van der Waals surface area contributed by atoms with Gasteiger partial charge in [-0.25, -0.2) is 9.18 Å². The van der Waals surface area contributed by atoms with Gasteiger partial charge in [0.1, 0.15) is 23.7 Å². The number of rotatable bonds is 5. The molecule has 1 aliphatic heterocycles. The van der Waals surface area contributed by atoms with Crippen molar-refractivity contribution in [3.63, 3.8) is 0 Å². The van der Waals surface area contributed by atoms with Gasteiger partial charge >= 0.3 is 6.03 Å². The molecule has 168 valence electrons. The van der Waals surface area contributed by atoms with Gasteiger partial charge in [0, 0.05) is 29.7 Å². The Morgan fingerprint density at radius 1 is 1.03 bits per heavy atom. The van der Waals surface area contributed by atoms with Crippen molar-refractivity contribution in [3.05, 3.63) is 88.5 Å². The van der Waals surface area contributed by atoms with Crippen LogP contribution < -0.4 is 10.1 Å². The van der Waals surface area contributed by atoms with E-state index in [1.54, 1.807) is 30.3 Å². The molecule has 1 aromatic heterocycles. The van der Waals surface area contributed by atoms with E-state index in [-0.39, 0.29) is 18.0 Å². The van der Waals surface area contributed by atoms with Crippen LogP contribution in [0.4, 0.5) is 9.18 Å². The van der Waals surface area contributed by atoms with Crippen molar-refractivity contribution in [1.29, 1.82) is 0 Å². The maximum atomic E-state index is 13.8. The number of hydrogen-bond acceptors (Lipinski definition) is 4. The van der Waals surface area contributed by atoms with Gasteiger partial charge in [0.15, 0.2) is 0 Å². The van der Waals surface area contributed by atoms with Gasteiger partial charge in [-0.1, -0.05) is 18.2 Å². The maximum absolute atomic E-state index is 13.8. The highest BCUT2D eigenvalue weighted by Gasteiger charge is 2.33. The van der Waals surface area contributed by atoms with Crippen molar-refractivity contribution in [2.75, 3.05) is 7.05 Å². The van der Waals surface area contributed by atoms with Crippen molar-refractivity contribution >= 4 is 23.9 Å². The molecule has 0 bridgehead atoms. The largest absolute Gasteiger partial charge is 0.489 e. The van der Waals surface area contributed by atoms with E-state index in [0.717, 1.165) is 22.0 Å². The van der Waals surface area contributed by atoms with Gasteiger partial charge in [0.2, 0.25) is 0 Å². The molecule has 2 aromatic carbocycles. The number of aryl methyl sites for hydroxylation is 1. The zero-order chi connectivity index (χ0) is 23.7. The number of barbiturate groups is 1. The lowest BCUT2D eigenvalue weighted by Crippen LogP contribution is -2.52. The van der Waals surface area contributed by atoms with Gasteiger partial charge in [-0.2, -0.15) is 0 Å². The molecule has 0 atom stereocenters. The van der Waals surface area contributed by atoms with Crippen LogP contribution in [0.15, 0.2) is 60.2 Å². The standard InChI is InChI=1S/C25H22FN3O4/c1-15-12-18(13-21-23(30)27-25(32)28(3)24(21)31)16(2)29(15)19-8-10-20(11-9-19)33-14-17-6-4-5-7-22(17)26/h4-13H,14H2,1-3H3,(H,27,30,32)/b21-13+. The molecule has 1 aliphatic rings. The summed E-state index contributed by atoms with van der Waals surface area (Å²) < 4.78 is 21.5. The summed E-state index contributed by atoms with van der Waals surface area (Å²) in [6.07, 6.45) is 1.49. The lowest BCUT2D eigenvalue weighted by Gasteiger charge is -2.22. The molecule has 7 nitrogen and oxygen atoms in total. The van der Waals surface area contributed by atoms with E-state index >= 15 is 0 Å². The molecular formula is C25H22FN3O4. The Labute approximate surface area is 190 Å². The Morgan fingerprint density at radius 3 is 2.42 bits per heavy atom. The van der Waals surface area contributed by atoms with Crippen molar-refractivity contribution in [2.24, 2.45) is 0 Å². The molecule has 3 aromatic rings. The van der Waals surface area contributed by atoms with E-state index in [9.17, 15) is 18.8 Å². The molecule has 1 saturated heterocycles. The minimum absolute atomic E-state index is 0.103. The number of aromatic nitrogens is 1. The summed E-state index contributed by atoms with van der Waals surface area (Å²) in [7, 11) is 1.32. The van der Waals surface area contributed by atoms with Crippen LogP contribution in [0.25, 0.3) is 11.8 Å². The van der Waals surface area contributed by atoms with Gasteiger partial charge in [-0.3, -0.25) is 19.8 Å². The molecule has 1 fully saturated rings. The van der Waals surface area contributed by atoms with Gasteiger partial charge in [0.25, 0.3) is 11.8 Å². The number of amides is 4. The SMILES string of the molecule is Cc1cc(/C=C2\C(=O)NC(=O)N(C)C2=O)c(C)n1-c1ccc(OCc2ccccc2F)cc1. The first-order valence-corrected chi connectivity index (χ1v) is 10.3. The molecule has 0 unspecified atom stereocenters. The first-order chi connectivity index (χ1) is 15.8. The number of carbonyl (C=O) groups is 3. The Bertz CT molecular complexity index is 1290. The van der Waals surface area contributed by atoms with E-state index in [1.807, 2.05) is 36.6 Å². The van der Waals surface area contributed by atoms with Crippen LogP contribution in [-0.4, -0.2) is 34.4 Å². The summed E-state index contributed by atoms with van der Waals surface area (Å²) in [5.41, 5.74) is 3.64. The minimum Gasteiger partial charge on any atom is -0.489 e. The monoisotopic (exact) mass is 447 g/mol. The van der Waals surface area contributed by atoms with Crippen LogP contribution in [-0.2, 0) is 16.2 Å². The number of nitrogens with zero attached hydrogens (tertiary/aromatic N) is 2. The topological polar surface area (TPSA) is 80.6 Å². The summed E-state index contributed by atoms with van der Waals surface area (Å²) >= 11 is 0. The average Bonchev–Trinajstić information content (AvgIpc) is 3.08. The summed E-state index contributed by atoms with van der Waals surface area (Å²) in [4.78, 5) is 37.0.